The molecule has 2 nitrogen and oxygen atoms in total. The quantitative estimate of drug-likeness (QED) is 0.353. The first-order valence-corrected chi connectivity index (χ1v) is 3.66. The molecule has 0 aromatic carbocycles. The van der Waals surface area contributed by atoms with Crippen LogP contribution in [0.3, 0.4) is 0 Å². The Labute approximate surface area is 67.6 Å². The van der Waals surface area contributed by atoms with Gasteiger partial charge in [0.05, 0.1) is 7.11 Å². The number of hydrogen-bond donors (Lipinski definition) is 0. The lowest BCUT2D eigenvalue weighted by Gasteiger charge is -1.98. The van der Waals surface area contributed by atoms with E-state index in [1.165, 1.54) is 7.11 Å². The maximum Gasteiger partial charge on any atom is 0.333 e. The Balaban J connectivity index is 4.26. The van der Waals surface area contributed by atoms with Gasteiger partial charge in [-0.1, -0.05) is 25.2 Å². The molecule has 0 bridgehead atoms. The van der Waals surface area contributed by atoms with Crippen molar-refractivity contribution < 1.29 is 9.53 Å². The molecule has 0 radical (unpaired) electrons. The molecule has 11 heavy (non-hydrogen) atoms. The van der Waals surface area contributed by atoms with Crippen molar-refractivity contribution in [2.45, 2.75) is 20.3 Å². The van der Waals surface area contributed by atoms with Gasteiger partial charge in [-0.05, 0) is 13.3 Å². The molecule has 0 aliphatic carbocycles. The van der Waals surface area contributed by atoms with Gasteiger partial charge in [0.1, 0.15) is 0 Å². The van der Waals surface area contributed by atoms with Gasteiger partial charge in [-0.25, -0.2) is 4.79 Å². The molecule has 0 saturated carbocycles. The fourth-order valence-corrected chi connectivity index (χ4v) is 0.674. The second-order valence-electron chi connectivity index (χ2n) is 2.06. The molecule has 0 aromatic heterocycles. The first kappa shape index (κ1) is 9.95. The summed E-state index contributed by atoms with van der Waals surface area (Å²) in [7, 11) is 1.39. The lowest BCUT2D eigenvalue weighted by molar-refractivity contribution is -0.136. The Hall–Kier alpha value is -1.05. The van der Waals surface area contributed by atoms with Gasteiger partial charge in [-0.15, -0.1) is 0 Å². The van der Waals surface area contributed by atoms with Crippen LogP contribution in [0.5, 0.6) is 0 Å². The standard InChI is InChI=1S/C9H14O2/c1-4-6-7-8(5-2)9(10)11-3/h4,6-7H,5H2,1-3H3. The third-order valence-corrected chi connectivity index (χ3v) is 1.32. The molecule has 0 fully saturated rings. The van der Waals surface area contributed by atoms with Gasteiger partial charge in [0, 0.05) is 5.57 Å². The summed E-state index contributed by atoms with van der Waals surface area (Å²) in [5.74, 6) is -0.245. The monoisotopic (exact) mass is 154 g/mol. The third-order valence-electron chi connectivity index (χ3n) is 1.32. The Kier molecular flexibility index (Phi) is 5.17. The zero-order valence-electron chi connectivity index (χ0n) is 7.26. The van der Waals surface area contributed by atoms with Crippen LogP contribution in [0.25, 0.3) is 0 Å². The Bertz CT molecular complexity index is 178. The number of rotatable bonds is 3. The summed E-state index contributed by atoms with van der Waals surface area (Å²) >= 11 is 0. The summed E-state index contributed by atoms with van der Waals surface area (Å²) in [6.07, 6.45) is 6.18. The molecule has 0 aliphatic heterocycles. The number of carbonyl (C=O) groups is 1. The van der Waals surface area contributed by atoms with E-state index in [9.17, 15) is 4.79 Å². The first-order valence-electron chi connectivity index (χ1n) is 3.66. The molecule has 2 heteroatoms. The molecule has 0 aliphatic rings. The topological polar surface area (TPSA) is 26.3 Å². The highest BCUT2D eigenvalue weighted by Crippen LogP contribution is 2.02. The molecule has 62 valence electrons. The highest BCUT2D eigenvalue weighted by Gasteiger charge is 2.03. The van der Waals surface area contributed by atoms with E-state index in [0.717, 1.165) is 0 Å². The van der Waals surface area contributed by atoms with Crippen molar-refractivity contribution in [2.24, 2.45) is 0 Å². The van der Waals surface area contributed by atoms with Crippen LogP contribution in [-0.2, 0) is 9.53 Å². The zero-order valence-corrected chi connectivity index (χ0v) is 7.26. The van der Waals surface area contributed by atoms with Gasteiger partial charge < -0.3 is 4.74 Å². The van der Waals surface area contributed by atoms with Crippen molar-refractivity contribution >= 4 is 5.97 Å². The van der Waals surface area contributed by atoms with Gasteiger partial charge in [0.2, 0.25) is 0 Å². The van der Waals surface area contributed by atoms with Crippen molar-refractivity contribution in [3.8, 4) is 0 Å². The largest absolute Gasteiger partial charge is 0.466 e. The van der Waals surface area contributed by atoms with E-state index in [2.05, 4.69) is 4.74 Å². The summed E-state index contributed by atoms with van der Waals surface area (Å²) in [6, 6.07) is 0. The number of carbonyl (C=O) groups excluding carboxylic acids is 1. The third kappa shape index (κ3) is 3.61. The van der Waals surface area contributed by atoms with Crippen molar-refractivity contribution in [1.82, 2.24) is 0 Å². The maximum atomic E-state index is 10.9. The number of esters is 1. The van der Waals surface area contributed by atoms with Crippen LogP contribution >= 0.6 is 0 Å². The molecular formula is C9H14O2. The highest BCUT2D eigenvalue weighted by atomic mass is 16.5. The minimum Gasteiger partial charge on any atom is -0.466 e. The predicted octanol–water partition coefficient (Wildman–Crippen LogP) is 2.07. The molecule has 0 unspecified atom stereocenters. The van der Waals surface area contributed by atoms with Crippen LogP contribution in [0.2, 0.25) is 0 Å². The summed E-state index contributed by atoms with van der Waals surface area (Å²) in [4.78, 5) is 10.9. The number of hydrogen-bond acceptors (Lipinski definition) is 2. The van der Waals surface area contributed by atoms with Crippen LogP contribution in [0.4, 0.5) is 0 Å². The molecule has 0 heterocycles. The second-order valence-corrected chi connectivity index (χ2v) is 2.06. The Morgan fingerprint density at radius 1 is 1.55 bits per heavy atom. The molecule has 0 rings (SSSR count). The highest BCUT2D eigenvalue weighted by molar-refractivity contribution is 5.88. The van der Waals surface area contributed by atoms with Gasteiger partial charge in [0.15, 0.2) is 0 Å². The molecule has 0 atom stereocenters. The van der Waals surface area contributed by atoms with Crippen molar-refractivity contribution in [3.05, 3.63) is 23.8 Å². The number of allylic oxidation sites excluding steroid dienone is 3. The van der Waals surface area contributed by atoms with Crippen molar-refractivity contribution in [3.63, 3.8) is 0 Å². The fraction of sp³-hybridized carbons (Fsp3) is 0.444. The number of ether oxygens (including phenoxy) is 1. The summed E-state index contributed by atoms with van der Waals surface area (Å²) in [5, 5.41) is 0. The first-order chi connectivity index (χ1) is 5.26. The van der Waals surface area contributed by atoms with Crippen LogP contribution in [0.15, 0.2) is 23.8 Å². The molecule has 0 amide bonds. The minimum atomic E-state index is -0.245. The second kappa shape index (κ2) is 5.71. The summed E-state index contributed by atoms with van der Waals surface area (Å²) in [5.41, 5.74) is 0.700. The van der Waals surface area contributed by atoms with E-state index in [0.29, 0.717) is 12.0 Å². The minimum absolute atomic E-state index is 0.245. The van der Waals surface area contributed by atoms with Gasteiger partial charge in [-0.3, -0.25) is 0 Å². The van der Waals surface area contributed by atoms with E-state index in [1.807, 2.05) is 26.0 Å². The smallest absolute Gasteiger partial charge is 0.333 e. The average Bonchev–Trinajstić information content (AvgIpc) is 2.05. The molecule has 0 N–H and O–H groups in total. The normalized spacial score (nSPS) is 12.1. The Morgan fingerprint density at radius 2 is 2.18 bits per heavy atom. The molecule has 0 saturated heterocycles. The summed E-state index contributed by atoms with van der Waals surface area (Å²) < 4.78 is 4.56. The Morgan fingerprint density at radius 3 is 2.55 bits per heavy atom. The molecule has 0 spiro atoms. The molecule has 0 aromatic rings. The van der Waals surface area contributed by atoms with Crippen LogP contribution < -0.4 is 0 Å². The summed E-state index contributed by atoms with van der Waals surface area (Å²) in [6.45, 7) is 3.83. The van der Waals surface area contributed by atoms with Gasteiger partial charge >= 0.3 is 5.97 Å². The van der Waals surface area contributed by atoms with Crippen LogP contribution in [0.1, 0.15) is 20.3 Å². The van der Waals surface area contributed by atoms with E-state index in [1.54, 1.807) is 6.08 Å². The predicted molar refractivity (Wildman–Crippen MR) is 45.2 cm³/mol. The van der Waals surface area contributed by atoms with E-state index < -0.39 is 0 Å². The maximum absolute atomic E-state index is 10.9. The van der Waals surface area contributed by atoms with E-state index in [-0.39, 0.29) is 5.97 Å². The van der Waals surface area contributed by atoms with Gasteiger partial charge in [-0.2, -0.15) is 0 Å². The van der Waals surface area contributed by atoms with Gasteiger partial charge in [0.25, 0.3) is 0 Å². The lowest BCUT2D eigenvalue weighted by Crippen LogP contribution is -2.03. The SMILES string of the molecule is CC=CC=C(CC)C(=O)OC. The van der Waals surface area contributed by atoms with E-state index in [4.69, 9.17) is 0 Å². The van der Waals surface area contributed by atoms with Crippen molar-refractivity contribution in [1.29, 1.82) is 0 Å². The number of methoxy groups -OCH3 is 1. The lowest BCUT2D eigenvalue weighted by atomic mass is 10.2. The zero-order chi connectivity index (χ0) is 8.69. The average molecular weight is 154 g/mol. The van der Waals surface area contributed by atoms with E-state index >= 15 is 0 Å². The fourth-order valence-electron chi connectivity index (χ4n) is 0.674. The van der Waals surface area contributed by atoms with Crippen molar-refractivity contribution in [2.75, 3.05) is 7.11 Å². The van der Waals surface area contributed by atoms with Crippen LogP contribution in [0, 0.1) is 0 Å². The molecular weight excluding hydrogens is 140 g/mol. The van der Waals surface area contributed by atoms with Crippen LogP contribution in [-0.4, -0.2) is 13.1 Å².